The van der Waals surface area contributed by atoms with Gasteiger partial charge in [-0.25, -0.2) is 9.51 Å². The van der Waals surface area contributed by atoms with Gasteiger partial charge in [0.15, 0.2) is 0 Å². The fourth-order valence-electron chi connectivity index (χ4n) is 1.78. The van der Waals surface area contributed by atoms with Gasteiger partial charge in [0.2, 0.25) is 0 Å². The van der Waals surface area contributed by atoms with Crippen molar-refractivity contribution in [2.75, 3.05) is 14.1 Å². The van der Waals surface area contributed by atoms with Crippen molar-refractivity contribution in [2.45, 2.75) is 6.92 Å². The zero-order chi connectivity index (χ0) is 17.4. The number of nitrogens with two attached hydrogens (primary N) is 1. The van der Waals surface area contributed by atoms with Gasteiger partial charge in [-0.3, -0.25) is 4.99 Å². The summed E-state index contributed by atoms with van der Waals surface area (Å²) in [5, 5.41) is 8.29. The first-order valence-corrected chi connectivity index (χ1v) is 6.91. The molecule has 0 atom stereocenters. The largest absolute Gasteiger partial charge is 0.384 e. The Morgan fingerprint density at radius 2 is 2.00 bits per heavy atom. The zero-order valence-corrected chi connectivity index (χ0v) is 13.3. The van der Waals surface area contributed by atoms with E-state index < -0.39 is 5.82 Å². The topological polar surface area (TPSA) is 65.5 Å². The molecule has 23 heavy (non-hydrogen) atoms. The van der Waals surface area contributed by atoms with Crippen LogP contribution in [0.25, 0.3) is 5.57 Å². The number of aliphatic imine (C=N–C) groups is 1. The van der Waals surface area contributed by atoms with E-state index in [2.05, 4.69) is 4.99 Å². The molecule has 1 aromatic rings. The lowest BCUT2D eigenvalue weighted by atomic mass is 10.0. The quantitative estimate of drug-likeness (QED) is 0.365. The molecule has 122 valence electrons. The van der Waals surface area contributed by atoms with Crippen LogP contribution in [0.5, 0.6) is 0 Å². The summed E-state index contributed by atoms with van der Waals surface area (Å²) in [6.45, 7) is 1.74. The summed E-state index contributed by atoms with van der Waals surface area (Å²) in [6.07, 6.45) is 7.28. The molecular formula is C17H20F2N4. The Morgan fingerprint density at radius 1 is 1.30 bits per heavy atom. The summed E-state index contributed by atoms with van der Waals surface area (Å²) in [5.74, 6) is -0.208. The molecule has 1 aromatic carbocycles. The zero-order valence-electron chi connectivity index (χ0n) is 13.3. The van der Waals surface area contributed by atoms with Crippen molar-refractivity contribution in [3.8, 4) is 0 Å². The average Bonchev–Trinajstić information content (AvgIpc) is 2.53. The summed E-state index contributed by atoms with van der Waals surface area (Å²) in [5.41, 5.74) is 6.91. The van der Waals surface area contributed by atoms with E-state index in [1.165, 1.54) is 37.5 Å². The molecule has 0 aliphatic heterocycles. The first-order chi connectivity index (χ1) is 10.9. The average molecular weight is 318 g/mol. The molecule has 6 heteroatoms. The van der Waals surface area contributed by atoms with Crippen molar-refractivity contribution in [3.05, 3.63) is 65.6 Å². The Bertz CT molecular complexity index is 686. The van der Waals surface area contributed by atoms with E-state index in [0.29, 0.717) is 21.8 Å². The maximum atomic E-state index is 14.3. The smallest absolute Gasteiger partial charge is 0.131 e. The van der Waals surface area contributed by atoms with Crippen LogP contribution in [0.15, 0.2) is 53.7 Å². The Hall–Kier alpha value is -2.76. The van der Waals surface area contributed by atoms with Crippen LogP contribution in [0, 0.1) is 11.2 Å². The first-order valence-electron chi connectivity index (χ1n) is 6.91. The summed E-state index contributed by atoms with van der Waals surface area (Å²) in [6, 6.07) is 4.45. The third-order valence-corrected chi connectivity index (χ3v) is 3.04. The molecule has 0 unspecified atom stereocenters. The van der Waals surface area contributed by atoms with Gasteiger partial charge in [0.05, 0.1) is 5.71 Å². The summed E-state index contributed by atoms with van der Waals surface area (Å²) >= 11 is 0. The molecule has 0 radical (unpaired) electrons. The fraction of sp³-hybridized carbons (Fsp3) is 0.176. The highest BCUT2D eigenvalue weighted by Crippen LogP contribution is 2.21. The van der Waals surface area contributed by atoms with Gasteiger partial charge in [-0.1, -0.05) is 18.2 Å². The molecule has 3 N–H and O–H groups in total. The molecule has 0 spiro atoms. The molecule has 0 saturated heterocycles. The molecule has 0 bridgehead atoms. The lowest BCUT2D eigenvalue weighted by molar-refractivity contribution is 0.128. The van der Waals surface area contributed by atoms with Crippen molar-refractivity contribution in [1.82, 2.24) is 5.12 Å². The van der Waals surface area contributed by atoms with E-state index in [1.54, 1.807) is 32.2 Å². The van der Waals surface area contributed by atoms with E-state index in [0.717, 1.165) is 0 Å². The van der Waals surface area contributed by atoms with Gasteiger partial charge in [0.1, 0.15) is 11.7 Å². The fourth-order valence-corrected chi connectivity index (χ4v) is 1.78. The highest BCUT2D eigenvalue weighted by molar-refractivity contribution is 6.09. The number of nitrogens with one attached hydrogen (secondary N) is 1. The minimum atomic E-state index is -0.489. The maximum Gasteiger partial charge on any atom is 0.131 e. The number of halogens is 2. The van der Waals surface area contributed by atoms with Gasteiger partial charge in [-0.15, -0.1) is 4.48 Å². The van der Waals surface area contributed by atoms with Crippen LogP contribution >= 0.6 is 0 Å². The van der Waals surface area contributed by atoms with Gasteiger partial charge in [0.25, 0.3) is 0 Å². The third-order valence-electron chi connectivity index (χ3n) is 3.04. The Labute approximate surface area is 134 Å². The van der Waals surface area contributed by atoms with Crippen LogP contribution in [0.2, 0.25) is 0 Å². The molecule has 1 rings (SSSR count). The second-order valence-corrected chi connectivity index (χ2v) is 4.67. The highest BCUT2D eigenvalue weighted by Gasteiger charge is 2.08. The molecule has 0 aliphatic rings. The van der Waals surface area contributed by atoms with Gasteiger partial charge >= 0.3 is 0 Å². The van der Waals surface area contributed by atoms with E-state index in [4.69, 9.17) is 11.1 Å². The molecule has 0 aromatic heterocycles. The third kappa shape index (κ3) is 5.50. The Balaban J connectivity index is 3.06. The van der Waals surface area contributed by atoms with Gasteiger partial charge in [-0.05, 0) is 36.8 Å². The second kappa shape index (κ2) is 8.63. The Kier molecular flexibility index (Phi) is 6.86. The second-order valence-electron chi connectivity index (χ2n) is 4.67. The molecule has 0 amide bonds. The Morgan fingerprint density at radius 3 is 2.52 bits per heavy atom. The number of hydrogen-bond donors (Lipinski definition) is 2. The van der Waals surface area contributed by atoms with E-state index >= 15 is 0 Å². The van der Waals surface area contributed by atoms with Crippen LogP contribution < -0.4 is 5.73 Å². The number of nitrogens with zero attached hydrogens (tertiary/aromatic N) is 2. The van der Waals surface area contributed by atoms with Crippen molar-refractivity contribution >= 4 is 17.1 Å². The van der Waals surface area contributed by atoms with Gasteiger partial charge in [0, 0.05) is 31.4 Å². The van der Waals surface area contributed by atoms with Gasteiger partial charge in [-0.2, -0.15) is 0 Å². The normalized spacial score (nSPS) is 13.1. The van der Waals surface area contributed by atoms with Crippen LogP contribution in [0.3, 0.4) is 0 Å². The summed E-state index contributed by atoms with van der Waals surface area (Å²) in [4.78, 5) is 3.74. The van der Waals surface area contributed by atoms with Crippen molar-refractivity contribution < 1.29 is 8.87 Å². The SMILES string of the molecule is C/C=C(\C=C/N(C)F)c1ccc(C(=N)/C=C\C(N)=NC)cc1F. The summed E-state index contributed by atoms with van der Waals surface area (Å²) in [7, 11) is 2.78. The minimum Gasteiger partial charge on any atom is -0.384 e. The lowest BCUT2D eigenvalue weighted by Crippen LogP contribution is -2.08. The molecule has 4 nitrogen and oxygen atoms in total. The van der Waals surface area contributed by atoms with E-state index in [1.807, 2.05) is 0 Å². The molecule has 0 aliphatic carbocycles. The van der Waals surface area contributed by atoms with Crippen LogP contribution in [0.1, 0.15) is 18.1 Å². The van der Waals surface area contributed by atoms with E-state index in [-0.39, 0.29) is 11.5 Å². The standard InChI is InChI=1S/C17H20F2N4/c1-4-12(9-10-23(3)19)14-6-5-13(11-15(14)18)16(20)7-8-17(21)22-2/h4-11,20H,1-3H3,(H2,21,22)/b8-7-,10-9-,12-4+,20-16?. The molecular weight excluding hydrogens is 298 g/mol. The minimum absolute atomic E-state index is 0.114. The summed E-state index contributed by atoms with van der Waals surface area (Å²) < 4.78 is 27.0. The van der Waals surface area contributed by atoms with Crippen LogP contribution in [-0.4, -0.2) is 30.8 Å². The highest BCUT2D eigenvalue weighted by atomic mass is 19.2. The van der Waals surface area contributed by atoms with Crippen molar-refractivity contribution in [1.29, 1.82) is 5.41 Å². The molecule has 0 saturated carbocycles. The molecule has 0 heterocycles. The molecule has 0 fully saturated rings. The van der Waals surface area contributed by atoms with Crippen LogP contribution in [-0.2, 0) is 0 Å². The van der Waals surface area contributed by atoms with E-state index in [9.17, 15) is 8.87 Å². The van der Waals surface area contributed by atoms with Crippen LogP contribution in [0.4, 0.5) is 8.87 Å². The monoisotopic (exact) mass is 318 g/mol. The number of hydrogen-bond acceptors (Lipinski definition) is 3. The lowest BCUT2D eigenvalue weighted by Gasteiger charge is -2.07. The maximum absolute atomic E-state index is 14.3. The van der Waals surface area contributed by atoms with Crippen molar-refractivity contribution in [3.63, 3.8) is 0 Å². The number of allylic oxidation sites excluding steroid dienone is 4. The number of amidine groups is 1. The predicted molar refractivity (Wildman–Crippen MR) is 91.6 cm³/mol. The first kappa shape index (κ1) is 18.3. The van der Waals surface area contributed by atoms with Gasteiger partial charge < -0.3 is 11.1 Å². The number of rotatable bonds is 6. The van der Waals surface area contributed by atoms with Crippen molar-refractivity contribution in [2.24, 2.45) is 10.7 Å². The number of benzene rings is 1. The predicted octanol–water partition coefficient (Wildman–Crippen LogP) is 3.47.